The lowest BCUT2D eigenvalue weighted by atomic mass is 10.1. The van der Waals surface area contributed by atoms with E-state index in [2.05, 4.69) is 9.97 Å². The van der Waals surface area contributed by atoms with Crippen LogP contribution < -0.4 is 14.4 Å². The molecule has 1 atom stereocenters. The van der Waals surface area contributed by atoms with Crippen LogP contribution in [0.5, 0.6) is 11.6 Å². The summed E-state index contributed by atoms with van der Waals surface area (Å²) in [4.78, 5) is 24.9. The molecule has 1 aromatic carbocycles. The summed E-state index contributed by atoms with van der Waals surface area (Å²) in [6, 6.07) is 5.85. The third-order valence-electron chi connectivity index (χ3n) is 4.66. The van der Waals surface area contributed by atoms with E-state index < -0.39 is 0 Å². The van der Waals surface area contributed by atoms with Crippen LogP contribution in [0.3, 0.4) is 0 Å². The minimum atomic E-state index is -0.0572. The van der Waals surface area contributed by atoms with E-state index in [9.17, 15) is 4.79 Å². The normalized spacial score (nSPS) is 16.3. The molecule has 2 heterocycles. The Balaban J connectivity index is 1.56. The van der Waals surface area contributed by atoms with Crippen molar-refractivity contribution >= 4 is 11.7 Å². The molecular weight excluding hydrogens is 344 g/mol. The van der Waals surface area contributed by atoms with E-state index in [1.807, 2.05) is 49.0 Å². The zero-order chi connectivity index (χ0) is 19.4. The standard InChI is InChI=1S/C20H26N4O3/c1-14-9-15(5-6-17(14)26-4)10-20(25)24-8-7-16(13-24)27-19-12-21-11-18(22-19)23(2)3/h5-6,9,11-12,16H,7-8,10,13H2,1-4H3. The van der Waals surface area contributed by atoms with Crippen molar-refractivity contribution in [1.29, 1.82) is 0 Å². The molecule has 7 nitrogen and oxygen atoms in total. The Labute approximate surface area is 159 Å². The van der Waals surface area contributed by atoms with Crippen molar-refractivity contribution in [3.05, 3.63) is 41.7 Å². The Bertz CT molecular complexity index is 810. The molecule has 1 aliphatic rings. The Morgan fingerprint density at radius 2 is 2.15 bits per heavy atom. The summed E-state index contributed by atoms with van der Waals surface area (Å²) >= 11 is 0. The average Bonchev–Trinajstić information content (AvgIpc) is 3.11. The van der Waals surface area contributed by atoms with Crippen molar-refractivity contribution in [2.75, 3.05) is 39.2 Å². The van der Waals surface area contributed by atoms with E-state index >= 15 is 0 Å². The molecule has 27 heavy (non-hydrogen) atoms. The highest BCUT2D eigenvalue weighted by Gasteiger charge is 2.28. The fourth-order valence-corrected chi connectivity index (χ4v) is 3.17. The van der Waals surface area contributed by atoms with Crippen molar-refractivity contribution in [3.8, 4) is 11.6 Å². The number of carbonyl (C=O) groups excluding carboxylic acids is 1. The Kier molecular flexibility index (Phi) is 5.78. The number of rotatable bonds is 6. The lowest BCUT2D eigenvalue weighted by molar-refractivity contribution is -0.129. The number of ether oxygens (including phenoxy) is 2. The van der Waals surface area contributed by atoms with Gasteiger partial charge in [-0.05, 0) is 24.1 Å². The molecule has 0 radical (unpaired) electrons. The summed E-state index contributed by atoms with van der Waals surface area (Å²) < 4.78 is 11.2. The number of nitrogens with zero attached hydrogens (tertiary/aromatic N) is 4. The lowest BCUT2D eigenvalue weighted by Gasteiger charge is -2.18. The van der Waals surface area contributed by atoms with Crippen molar-refractivity contribution in [1.82, 2.24) is 14.9 Å². The maximum absolute atomic E-state index is 12.6. The van der Waals surface area contributed by atoms with Crippen molar-refractivity contribution in [3.63, 3.8) is 0 Å². The number of aryl methyl sites for hydroxylation is 1. The van der Waals surface area contributed by atoms with Crippen molar-refractivity contribution in [2.24, 2.45) is 0 Å². The van der Waals surface area contributed by atoms with Crippen LogP contribution in [0, 0.1) is 6.92 Å². The molecule has 0 bridgehead atoms. The number of hydrogen-bond donors (Lipinski definition) is 0. The molecule has 1 fully saturated rings. The summed E-state index contributed by atoms with van der Waals surface area (Å²) in [5.41, 5.74) is 2.02. The van der Waals surface area contributed by atoms with Gasteiger partial charge in [-0.2, -0.15) is 4.98 Å². The van der Waals surface area contributed by atoms with Gasteiger partial charge in [0.1, 0.15) is 11.9 Å². The second-order valence-corrected chi connectivity index (χ2v) is 6.96. The highest BCUT2D eigenvalue weighted by atomic mass is 16.5. The molecule has 1 unspecified atom stereocenters. The largest absolute Gasteiger partial charge is 0.496 e. The van der Waals surface area contributed by atoms with Gasteiger partial charge in [-0.15, -0.1) is 0 Å². The lowest BCUT2D eigenvalue weighted by Crippen LogP contribution is -2.32. The Hall–Kier alpha value is -2.83. The predicted octanol–water partition coefficient (Wildman–Crippen LogP) is 2.08. The highest BCUT2D eigenvalue weighted by Crippen LogP contribution is 2.21. The van der Waals surface area contributed by atoms with Gasteiger partial charge in [0.05, 0.1) is 32.5 Å². The molecule has 7 heteroatoms. The first-order valence-electron chi connectivity index (χ1n) is 9.03. The summed E-state index contributed by atoms with van der Waals surface area (Å²) in [6.45, 7) is 3.25. The molecule has 1 aliphatic heterocycles. The third-order valence-corrected chi connectivity index (χ3v) is 4.66. The first-order valence-corrected chi connectivity index (χ1v) is 9.03. The molecule has 0 spiro atoms. The molecule has 0 N–H and O–H groups in total. The quantitative estimate of drug-likeness (QED) is 0.776. The van der Waals surface area contributed by atoms with Crippen LogP contribution in [0.25, 0.3) is 0 Å². The van der Waals surface area contributed by atoms with Gasteiger partial charge in [0, 0.05) is 27.1 Å². The second kappa shape index (κ2) is 8.24. The molecule has 144 valence electrons. The summed E-state index contributed by atoms with van der Waals surface area (Å²) in [6.07, 6.45) is 4.42. The van der Waals surface area contributed by atoms with E-state index in [1.54, 1.807) is 19.5 Å². The fraction of sp³-hybridized carbons (Fsp3) is 0.450. The predicted molar refractivity (Wildman–Crippen MR) is 103 cm³/mol. The first kappa shape index (κ1) is 18.9. The monoisotopic (exact) mass is 370 g/mol. The van der Waals surface area contributed by atoms with Crippen LogP contribution in [0.2, 0.25) is 0 Å². The van der Waals surface area contributed by atoms with E-state index in [-0.39, 0.29) is 12.0 Å². The number of aromatic nitrogens is 2. The van der Waals surface area contributed by atoms with Gasteiger partial charge < -0.3 is 19.3 Å². The maximum Gasteiger partial charge on any atom is 0.234 e. The smallest absolute Gasteiger partial charge is 0.234 e. The second-order valence-electron chi connectivity index (χ2n) is 6.96. The van der Waals surface area contributed by atoms with Crippen molar-refractivity contribution < 1.29 is 14.3 Å². The molecule has 3 rings (SSSR count). The topological polar surface area (TPSA) is 67.8 Å². The number of benzene rings is 1. The van der Waals surface area contributed by atoms with Gasteiger partial charge in [0.2, 0.25) is 11.8 Å². The average molecular weight is 370 g/mol. The molecule has 1 amide bonds. The van der Waals surface area contributed by atoms with E-state index in [0.29, 0.717) is 25.4 Å². The molecule has 0 aliphatic carbocycles. The van der Waals surface area contributed by atoms with Gasteiger partial charge >= 0.3 is 0 Å². The molecule has 1 aromatic heterocycles. The minimum Gasteiger partial charge on any atom is -0.496 e. The zero-order valence-electron chi connectivity index (χ0n) is 16.3. The summed E-state index contributed by atoms with van der Waals surface area (Å²) in [5, 5.41) is 0. The molecule has 1 saturated heterocycles. The zero-order valence-corrected chi connectivity index (χ0v) is 16.3. The number of amides is 1. The molecule has 0 saturated carbocycles. The van der Waals surface area contributed by atoms with Crippen LogP contribution in [-0.2, 0) is 11.2 Å². The Morgan fingerprint density at radius 3 is 2.85 bits per heavy atom. The number of carbonyl (C=O) groups is 1. The minimum absolute atomic E-state index is 0.0572. The van der Waals surface area contributed by atoms with Crippen LogP contribution >= 0.6 is 0 Å². The fourth-order valence-electron chi connectivity index (χ4n) is 3.17. The summed E-state index contributed by atoms with van der Waals surface area (Å²) in [7, 11) is 5.46. The molecule has 2 aromatic rings. The van der Waals surface area contributed by atoms with Gasteiger partial charge in [-0.3, -0.25) is 9.78 Å². The van der Waals surface area contributed by atoms with Gasteiger partial charge in [0.15, 0.2) is 5.82 Å². The summed E-state index contributed by atoms with van der Waals surface area (Å²) in [5.74, 6) is 2.18. The van der Waals surface area contributed by atoms with E-state index in [0.717, 1.165) is 29.1 Å². The Morgan fingerprint density at radius 1 is 1.33 bits per heavy atom. The van der Waals surface area contributed by atoms with Gasteiger partial charge in [0.25, 0.3) is 0 Å². The number of methoxy groups -OCH3 is 1. The van der Waals surface area contributed by atoms with Crippen LogP contribution in [0.1, 0.15) is 17.5 Å². The maximum atomic E-state index is 12.6. The third kappa shape index (κ3) is 4.67. The van der Waals surface area contributed by atoms with Crippen LogP contribution in [-0.4, -0.2) is 61.2 Å². The first-order chi connectivity index (χ1) is 13.0. The molecular formula is C20H26N4O3. The van der Waals surface area contributed by atoms with Crippen LogP contribution in [0.15, 0.2) is 30.6 Å². The van der Waals surface area contributed by atoms with Gasteiger partial charge in [-0.25, -0.2) is 0 Å². The van der Waals surface area contributed by atoms with Crippen LogP contribution in [0.4, 0.5) is 5.82 Å². The number of hydrogen-bond acceptors (Lipinski definition) is 6. The SMILES string of the molecule is COc1ccc(CC(=O)N2CCC(Oc3cncc(N(C)C)n3)C2)cc1C. The number of anilines is 1. The van der Waals surface area contributed by atoms with E-state index in [4.69, 9.17) is 9.47 Å². The van der Waals surface area contributed by atoms with Gasteiger partial charge in [-0.1, -0.05) is 12.1 Å². The number of likely N-dealkylation sites (tertiary alicyclic amines) is 1. The van der Waals surface area contributed by atoms with E-state index in [1.165, 1.54) is 0 Å². The van der Waals surface area contributed by atoms with Crippen molar-refractivity contribution in [2.45, 2.75) is 25.9 Å². The highest BCUT2D eigenvalue weighted by molar-refractivity contribution is 5.79.